The molecule has 0 bridgehead atoms. The Labute approximate surface area is 69.5 Å². The van der Waals surface area contributed by atoms with Gasteiger partial charge in [0, 0.05) is 11.6 Å². The van der Waals surface area contributed by atoms with Gasteiger partial charge < -0.3 is 5.73 Å². The maximum atomic E-state index is 12.9. The first-order valence-electron chi connectivity index (χ1n) is 3.48. The van der Waals surface area contributed by atoms with Crippen molar-refractivity contribution in [3.63, 3.8) is 0 Å². The van der Waals surface area contributed by atoms with E-state index in [2.05, 4.69) is 6.58 Å². The van der Waals surface area contributed by atoms with E-state index in [1.165, 1.54) is 18.2 Å². The Morgan fingerprint density at radius 1 is 1.42 bits per heavy atom. The molecule has 12 heavy (non-hydrogen) atoms. The second-order valence-electron chi connectivity index (χ2n) is 2.43. The van der Waals surface area contributed by atoms with Crippen LogP contribution in [0.2, 0.25) is 0 Å². The summed E-state index contributed by atoms with van der Waals surface area (Å²) in [6, 6.07) is 2.71. The smallest absolute Gasteiger partial charge is 0.131 e. The van der Waals surface area contributed by atoms with E-state index >= 15 is 0 Å². The molecule has 0 heterocycles. The molecule has 1 aromatic carbocycles. The highest BCUT2D eigenvalue weighted by Gasteiger charge is 2.07. The topological polar surface area (TPSA) is 26.0 Å². The first-order valence-corrected chi connectivity index (χ1v) is 3.48. The Balaban J connectivity index is 3.09. The molecular formula is C9H9F2N. The lowest BCUT2D eigenvalue weighted by Crippen LogP contribution is -2.08. The molecule has 64 valence electrons. The standard InChI is InChI=1S/C9H9F2N/c1-2-9(12)7-4-3-6(10)5-8(7)11/h2-5,9H,1,12H2/t9-/m1/s1. The average molecular weight is 169 g/mol. The van der Waals surface area contributed by atoms with Crippen LogP contribution in [0.25, 0.3) is 0 Å². The van der Waals surface area contributed by atoms with Crippen LogP contribution in [0.1, 0.15) is 11.6 Å². The predicted molar refractivity (Wildman–Crippen MR) is 43.5 cm³/mol. The molecule has 0 aliphatic rings. The van der Waals surface area contributed by atoms with Crippen LogP contribution in [0.3, 0.4) is 0 Å². The minimum absolute atomic E-state index is 0.256. The molecule has 0 saturated heterocycles. The molecule has 1 nitrogen and oxygen atoms in total. The van der Waals surface area contributed by atoms with Crippen molar-refractivity contribution in [3.05, 3.63) is 48.1 Å². The molecule has 0 aliphatic heterocycles. The summed E-state index contributed by atoms with van der Waals surface area (Å²) in [6.45, 7) is 3.42. The molecule has 3 heteroatoms. The number of hydrogen-bond acceptors (Lipinski definition) is 1. The van der Waals surface area contributed by atoms with Crippen LogP contribution in [0.5, 0.6) is 0 Å². The fraction of sp³-hybridized carbons (Fsp3) is 0.111. The zero-order chi connectivity index (χ0) is 9.14. The zero-order valence-corrected chi connectivity index (χ0v) is 6.43. The molecule has 2 N–H and O–H groups in total. The molecule has 1 aromatic rings. The Morgan fingerprint density at radius 2 is 2.08 bits per heavy atom. The minimum Gasteiger partial charge on any atom is -0.321 e. The molecule has 1 rings (SSSR count). The third kappa shape index (κ3) is 1.68. The van der Waals surface area contributed by atoms with Gasteiger partial charge in [-0.05, 0) is 6.07 Å². The molecule has 0 radical (unpaired) electrons. The number of rotatable bonds is 2. The van der Waals surface area contributed by atoms with Crippen molar-refractivity contribution in [2.75, 3.05) is 0 Å². The molecule has 0 aliphatic carbocycles. The monoisotopic (exact) mass is 169 g/mol. The van der Waals surface area contributed by atoms with Gasteiger partial charge in [0.25, 0.3) is 0 Å². The van der Waals surface area contributed by atoms with Gasteiger partial charge in [0.1, 0.15) is 11.6 Å². The van der Waals surface area contributed by atoms with Crippen LogP contribution >= 0.6 is 0 Å². The first-order chi connectivity index (χ1) is 5.65. The molecule has 0 spiro atoms. The maximum Gasteiger partial charge on any atom is 0.131 e. The van der Waals surface area contributed by atoms with Crippen molar-refractivity contribution in [3.8, 4) is 0 Å². The number of halogens is 2. The highest BCUT2D eigenvalue weighted by atomic mass is 19.1. The normalized spacial score (nSPS) is 12.6. The van der Waals surface area contributed by atoms with Crippen molar-refractivity contribution in [2.24, 2.45) is 5.73 Å². The summed E-state index contributed by atoms with van der Waals surface area (Å²) in [4.78, 5) is 0. The molecule has 0 aromatic heterocycles. The lowest BCUT2D eigenvalue weighted by atomic mass is 10.1. The fourth-order valence-electron chi connectivity index (χ4n) is 0.899. The van der Waals surface area contributed by atoms with Crippen molar-refractivity contribution in [2.45, 2.75) is 6.04 Å². The van der Waals surface area contributed by atoms with Crippen molar-refractivity contribution in [1.29, 1.82) is 0 Å². The van der Waals surface area contributed by atoms with E-state index in [4.69, 9.17) is 5.73 Å². The van der Waals surface area contributed by atoms with Gasteiger partial charge in [-0.15, -0.1) is 6.58 Å². The van der Waals surface area contributed by atoms with E-state index in [-0.39, 0.29) is 5.56 Å². The highest BCUT2D eigenvalue weighted by Crippen LogP contribution is 2.16. The van der Waals surface area contributed by atoms with Crippen LogP contribution in [-0.4, -0.2) is 0 Å². The van der Waals surface area contributed by atoms with Gasteiger partial charge in [-0.3, -0.25) is 0 Å². The highest BCUT2D eigenvalue weighted by molar-refractivity contribution is 5.24. The predicted octanol–water partition coefficient (Wildman–Crippen LogP) is 2.15. The van der Waals surface area contributed by atoms with Crippen molar-refractivity contribution in [1.82, 2.24) is 0 Å². The molecule has 0 fully saturated rings. The van der Waals surface area contributed by atoms with E-state index in [0.717, 1.165) is 6.07 Å². The summed E-state index contributed by atoms with van der Waals surface area (Å²) in [5.41, 5.74) is 5.72. The Kier molecular flexibility index (Phi) is 2.55. The third-order valence-corrected chi connectivity index (χ3v) is 1.58. The van der Waals surface area contributed by atoms with Crippen LogP contribution in [-0.2, 0) is 0 Å². The third-order valence-electron chi connectivity index (χ3n) is 1.58. The van der Waals surface area contributed by atoms with Crippen LogP contribution in [0.15, 0.2) is 30.9 Å². The molecular weight excluding hydrogens is 160 g/mol. The van der Waals surface area contributed by atoms with E-state index in [9.17, 15) is 8.78 Å². The Morgan fingerprint density at radius 3 is 2.58 bits per heavy atom. The van der Waals surface area contributed by atoms with Crippen LogP contribution < -0.4 is 5.73 Å². The number of nitrogens with two attached hydrogens (primary N) is 1. The van der Waals surface area contributed by atoms with Gasteiger partial charge in [-0.25, -0.2) is 8.78 Å². The fourth-order valence-corrected chi connectivity index (χ4v) is 0.899. The summed E-state index contributed by atoms with van der Waals surface area (Å²) < 4.78 is 25.3. The van der Waals surface area contributed by atoms with Crippen LogP contribution in [0.4, 0.5) is 8.78 Å². The van der Waals surface area contributed by atoms with E-state index in [0.29, 0.717) is 0 Å². The second-order valence-corrected chi connectivity index (χ2v) is 2.43. The van der Waals surface area contributed by atoms with E-state index in [1.807, 2.05) is 0 Å². The van der Waals surface area contributed by atoms with Crippen molar-refractivity contribution >= 4 is 0 Å². The summed E-state index contributed by atoms with van der Waals surface area (Å²) >= 11 is 0. The Hall–Kier alpha value is -1.22. The van der Waals surface area contributed by atoms with Gasteiger partial charge >= 0.3 is 0 Å². The molecule has 0 unspecified atom stereocenters. The lowest BCUT2D eigenvalue weighted by molar-refractivity contribution is 0.567. The molecule has 0 amide bonds. The molecule has 0 saturated carbocycles. The van der Waals surface area contributed by atoms with Crippen molar-refractivity contribution < 1.29 is 8.78 Å². The molecule has 1 atom stereocenters. The quantitative estimate of drug-likeness (QED) is 0.674. The average Bonchev–Trinajstić information content (AvgIpc) is 2.03. The zero-order valence-electron chi connectivity index (χ0n) is 6.43. The summed E-state index contributed by atoms with van der Waals surface area (Å²) in [5.74, 6) is -1.24. The maximum absolute atomic E-state index is 12.9. The van der Waals surface area contributed by atoms with Gasteiger partial charge in [-0.2, -0.15) is 0 Å². The van der Waals surface area contributed by atoms with E-state index < -0.39 is 17.7 Å². The lowest BCUT2D eigenvalue weighted by Gasteiger charge is -2.06. The number of hydrogen-bond donors (Lipinski definition) is 1. The van der Waals surface area contributed by atoms with E-state index in [1.54, 1.807) is 0 Å². The number of benzene rings is 1. The second kappa shape index (κ2) is 3.45. The van der Waals surface area contributed by atoms with Gasteiger partial charge in [-0.1, -0.05) is 12.1 Å². The summed E-state index contributed by atoms with van der Waals surface area (Å²) in [5, 5.41) is 0. The van der Waals surface area contributed by atoms with Gasteiger partial charge in [0.05, 0.1) is 6.04 Å². The summed E-state index contributed by atoms with van der Waals surface area (Å²) in [6.07, 6.45) is 1.40. The van der Waals surface area contributed by atoms with Gasteiger partial charge in [0.2, 0.25) is 0 Å². The summed E-state index contributed by atoms with van der Waals surface area (Å²) in [7, 11) is 0. The minimum atomic E-state index is -0.637. The largest absolute Gasteiger partial charge is 0.321 e. The van der Waals surface area contributed by atoms with Gasteiger partial charge in [0.15, 0.2) is 0 Å². The van der Waals surface area contributed by atoms with Crippen LogP contribution in [0, 0.1) is 11.6 Å². The first kappa shape index (κ1) is 8.87. The Bertz CT molecular complexity index is 297. The SMILES string of the molecule is C=C[C@@H](N)c1ccc(F)cc1F.